The van der Waals surface area contributed by atoms with E-state index in [9.17, 15) is 4.79 Å². The number of aromatic nitrogens is 1. The fourth-order valence-electron chi connectivity index (χ4n) is 2.70. The Morgan fingerprint density at radius 1 is 1.05 bits per heavy atom. The highest BCUT2D eigenvalue weighted by atomic mass is 32.1. The van der Waals surface area contributed by atoms with Crippen molar-refractivity contribution in [3.8, 4) is 10.9 Å². The van der Waals surface area contributed by atoms with Gasteiger partial charge in [-0.15, -0.1) is 0 Å². The van der Waals surface area contributed by atoms with E-state index in [1.807, 2.05) is 12.1 Å². The molecule has 0 bridgehead atoms. The zero-order valence-electron chi connectivity index (χ0n) is 11.2. The molecule has 1 aliphatic carbocycles. The molecule has 0 atom stereocenters. The van der Waals surface area contributed by atoms with Gasteiger partial charge in [-0.2, -0.15) is 4.98 Å². The Kier molecular flexibility index (Phi) is 4.11. The molecule has 1 aromatic heterocycles. The largest absolute Gasteiger partial charge is 0.431 e. The van der Waals surface area contributed by atoms with Gasteiger partial charge >= 0.3 is 0 Å². The maximum absolute atomic E-state index is 11.2. The van der Waals surface area contributed by atoms with Crippen LogP contribution in [0.4, 0.5) is 0 Å². The summed E-state index contributed by atoms with van der Waals surface area (Å²) < 4.78 is 5.61. The monoisotopic (exact) mass is 287 g/mol. The lowest BCUT2D eigenvalue weighted by Crippen LogP contribution is -2.04. The molecule has 1 aromatic carbocycles. The van der Waals surface area contributed by atoms with E-state index in [0.29, 0.717) is 11.1 Å². The van der Waals surface area contributed by atoms with Crippen molar-refractivity contribution < 1.29 is 4.74 Å². The normalized spacial score (nSPS) is 16.0. The first kappa shape index (κ1) is 13.3. The second-order valence-corrected chi connectivity index (χ2v) is 6.00. The average molecular weight is 287 g/mol. The van der Waals surface area contributed by atoms with Crippen molar-refractivity contribution in [1.29, 1.82) is 0 Å². The molecule has 0 unspecified atom stereocenters. The first-order valence-corrected chi connectivity index (χ1v) is 7.93. The summed E-state index contributed by atoms with van der Waals surface area (Å²) in [5.74, 6) is 1.43. The highest BCUT2D eigenvalue weighted by molar-refractivity contribution is 7.11. The van der Waals surface area contributed by atoms with E-state index in [1.54, 1.807) is 5.38 Å². The number of benzene rings is 1. The smallest absolute Gasteiger partial charge is 0.282 e. The summed E-state index contributed by atoms with van der Waals surface area (Å²) >= 11 is 1.32. The molecular weight excluding hydrogens is 270 g/mol. The Morgan fingerprint density at radius 2 is 1.80 bits per heavy atom. The highest BCUT2D eigenvalue weighted by Crippen LogP contribution is 2.33. The van der Waals surface area contributed by atoms with Gasteiger partial charge in [0.2, 0.25) is 0 Å². The van der Waals surface area contributed by atoms with E-state index in [-0.39, 0.29) is 5.56 Å². The molecular formula is C16H17NO2S. The predicted molar refractivity (Wildman–Crippen MR) is 80.7 cm³/mol. The standard InChI is InChI=1S/C16H17NO2S/c18-15-10-11-20-16(17-15)19-14-8-6-13(7-9-14)12-4-2-1-3-5-12/h6-12H,1-5H2. The molecule has 0 N–H and O–H groups in total. The van der Waals surface area contributed by atoms with E-state index >= 15 is 0 Å². The summed E-state index contributed by atoms with van der Waals surface area (Å²) in [5.41, 5.74) is 1.13. The molecule has 0 spiro atoms. The summed E-state index contributed by atoms with van der Waals surface area (Å²) in [5, 5.41) is 2.09. The predicted octanol–water partition coefficient (Wildman–Crippen LogP) is 4.34. The van der Waals surface area contributed by atoms with E-state index in [0.717, 1.165) is 5.75 Å². The van der Waals surface area contributed by atoms with Gasteiger partial charge in [0.1, 0.15) is 5.75 Å². The number of rotatable bonds is 3. The molecule has 0 saturated heterocycles. The minimum Gasteiger partial charge on any atom is -0.431 e. The van der Waals surface area contributed by atoms with Crippen molar-refractivity contribution in [2.75, 3.05) is 0 Å². The van der Waals surface area contributed by atoms with Crippen molar-refractivity contribution >= 4 is 11.3 Å². The van der Waals surface area contributed by atoms with Crippen molar-refractivity contribution in [2.24, 2.45) is 0 Å². The van der Waals surface area contributed by atoms with Gasteiger partial charge in [0.15, 0.2) is 0 Å². The third-order valence-electron chi connectivity index (χ3n) is 3.74. The van der Waals surface area contributed by atoms with Crippen LogP contribution in [0.25, 0.3) is 0 Å². The summed E-state index contributed by atoms with van der Waals surface area (Å²) in [6.07, 6.45) is 6.63. The van der Waals surface area contributed by atoms with Gasteiger partial charge in [-0.3, -0.25) is 4.79 Å². The molecule has 1 heterocycles. The van der Waals surface area contributed by atoms with Crippen LogP contribution in [0.2, 0.25) is 0 Å². The Morgan fingerprint density at radius 3 is 2.50 bits per heavy atom. The molecule has 2 aromatic rings. The SMILES string of the molecule is O=c1ccsc(Oc2ccc(C3CCCCC3)cc2)n1. The number of ether oxygens (including phenoxy) is 1. The Labute approximate surface area is 122 Å². The lowest BCUT2D eigenvalue weighted by molar-refractivity contribution is 0.442. The van der Waals surface area contributed by atoms with Crippen LogP contribution in [0.3, 0.4) is 0 Å². The summed E-state index contributed by atoms with van der Waals surface area (Å²) in [6.45, 7) is 0. The van der Waals surface area contributed by atoms with Crippen LogP contribution in [0, 0.1) is 0 Å². The third kappa shape index (κ3) is 3.25. The minimum absolute atomic E-state index is 0.266. The lowest BCUT2D eigenvalue weighted by atomic mass is 9.84. The van der Waals surface area contributed by atoms with Gasteiger partial charge in [-0.05, 0) is 36.5 Å². The molecule has 0 aliphatic heterocycles. The number of hydrogen-bond acceptors (Lipinski definition) is 4. The molecule has 4 heteroatoms. The molecule has 1 fully saturated rings. The van der Waals surface area contributed by atoms with Gasteiger partial charge in [-0.1, -0.05) is 42.7 Å². The fourth-order valence-corrected chi connectivity index (χ4v) is 3.28. The summed E-state index contributed by atoms with van der Waals surface area (Å²) in [7, 11) is 0. The second-order valence-electron chi connectivity index (χ2n) is 5.14. The highest BCUT2D eigenvalue weighted by Gasteiger charge is 2.15. The molecule has 1 saturated carbocycles. The van der Waals surface area contributed by atoms with Gasteiger partial charge in [-0.25, -0.2) is 0 Å². The summed E-state index contributed by atoms with van der Waals surface area (Å²) in [6, 6.07) is 9.64. The lowest BCUT2D eigenvalue weighted by Gasteiger charge is -2.21. The van der Waals surface area contributed by atoms with Crippen LogP contribution in [0.15, 0.2) is 40.5 Å². The van der Waals surface area contributed by atoms with E-state index in [4.69, 9.17) is 4.74 Å². The molecule has 1 aliphatic rings. The number of nitrogens with zero attached hydrogens (tertiary/aromatic N) is 1. The van der Waals surface area contributed by atoms with Crippen molar-refractivity contribution in [2.45, 2.75) is 38.0 Å². The Bertz CT molecular complexity index is 615. The van der Waals surface area contributed by atoms with Gasteiger partial charge in [0, 0.05) is 11.4 Å². The first-order valence-electron chi connectivity index (χ1n) is 7.05. The Hall–Kier alpha value is -1.68. The zero-order valence-corrected chi connectivity index (χ0v) is 12.1. The van der Waals surface area contributed by atoms with Gasteiger partial charge in [0.05, 0.1) is 0 Å². The molecule has 104 valence electrons. The molecule has 20 heavy (non-hydrogen) atoms. The quantitative estimate of drug-likeness (QED) is 0.842. The van der Waals surface area contributed by atoms with Crippen LogP contribution in [0.5, 0.6) is 10.9 Å². The average Bonchev–Trinajstić information content (AvgIpc) is 2.49. The van der Waals surface area contributed by atoms with E-state index in [1.165, 1.54) is 55.1 Å². The van der Waals surface area contributed by atoms with Crippen LogP contribution in [0.1, 0.15) is 43.6 Å². The van der Waals surface area contributed by atoms with Crippen molar-refractivity contribution in [3.05, 3.63) is 51.6 Å². The Balaban J connectivity index is 1.71. The second kappa shape index (κ2) is 6.18. The van der Waals surface area contributed by atoms with Crippen LogP contribution in [-0.2, 0) is 0 Å². The third-order valence-corrected chi connectivity index (χ3v) is 4.39. The van der Waals surface area contributed by atoms with Crippen molar-refractivity contribution in [1.82, 2.24) is 4.98 Å². The molecule has 3 rings (SSSR count). The molecule has 0 amide bonds. The van der Waals surface area contributed by atoms with Crippen LogP contribution >= 0.6 is 11.3 Å². The molecule has 0 radical (unpaired) electrons. The van der Waals surface area contributed by atoms with Crippen molar-refractivity contribution in [3.63, 3.8) is 0 Å². The van der Waals surface area contributed by atoms with Crippen LogP contribution in [-0.4, -0.2) is 4.98 Å². The maximum Gasteiger partial charge on any atom is 0.282 e. The topological polar surface area (TPSA) is 39.2 Å². The maximum atomic E-state index is 11.2. The van der Waals surface area contributed by atoms with Gasteiger partial charge in [0.25, 0.3) is 10.8 Å². The minimum atomic E-state index is -0.266. The van der Waals surface area contributed by atoms with Gasteiger partial charge < -0.3 is 4.74 Å². The van der Waals surface area contributed by atoms with E-state index in [2.05, 4.69) is 17.1 Å². The summed E-state index contributed by atoms with van der Waals surface area (Å²) in [4.78, 5) is 15.0. The fraction of sp³-hybridized carbons (Fsp3) is 0.375. The number of hydrogen-bond donors (Lipinski definition) is 0. The first-order chi connectivity index (χ1) is 9.81. The zero-order chi connectivity index (χ0) is 13.8. The molecule has 3 nitrogen and oxygen atoms in total. The van der Waals surface area contributed by atoms with E-state index < -0.39 is 0 Å². The van der Waals surface area contributed by atoms with Crippen LogP contribution < -0.4 is 10.3 Å².